The van der Waals surface area contributed by atoms with Gasteiger partial charge in [-0.3, -0.25) is 14.5 Å². The number of Topliss-reactive ketones (excluding diaryl/α,β-unsaturated/α-hetero) is 1. The van der Waals surface area contributed by atoms with Gasteiger partial charge in [0.25, 0.3) is 0 Å². The van der Waals surface area contributed by atoms with Crippen LogP contribution in [0.3, 0.4) is 0 Å². The molecule has 1 aromatic heterocycles. The molecule has 166 valence electrons. The normalized spacial score (nSPS) is 15.4. The lowest BCUT2D eigenvalue weighted by atomic mass is 9.94. The van der Waals surface area contributed by atoms with Gasteiger partial charge < -0.3 is 18.6 Å². The molecule has 0 radical (unpaired) electrons. The molecule has 0 saturated heterocycles. The topological polar surface area (TPSA) is 95.3 Å². The van der Waals surface area contributed by atoms with Crippen molar-refractivity contribution in [3.05, 3.63) is 47.4 Å². The number of amides is 1. The number of furan rings is 1. The summed E-state index contributed by atoms with van der Waals surface area (Å²) in [4.78, 5) is 38.0. The van der Waals surface area contributed by atoms with Crippen LogP contribution in [0.15, 0.2) is 34.9 Å². The molecule has 8 heteroatoms. The highest BCUT2D eigenvalue weighted by molar-refractivity contribution is 5.95. The number of carbonyl (C=O) groups is 3. The molecular weight excluding hydrogens is 402 g/mol. The Bertz CT molecular complexity index is 986. The number of hydrogen-bond acceptors (Lipinski definition) is 7. The number of esters is 1. The summed E-state index contributed by atoms with van der Waals surface area (Å²) in [6, 6.07) is 7.14. The molecule has 0 bridgehead atoms. The molecule has 3 rings (SSSR count). The molecule has 1 atom stereocenters. The monoisotopic (exact) mass is 429 g/mol. The van der Waals surface area contributed by atoms with Gasteiger partial charge in [0.15, 0.2) is 11.5 Å². The number of carbonyl (C=O) groups excluding carboxylic acids is 3. The van der Waals surface area contributed by atoms with Crippen molar-refractivity contribution in [2.75, 3.05) is 25.7 Å². The van der Waals surface area contributed by atoms with Gasteiger partial charge in [0, 0.05) is 24.4 Å². The highest BCUT2D eigenvalue weighted by Crippen LogP contribution is 2.43. The van der Waals surface area contributed by atoms with Crippen LogP contribution in [0.2, 0.25) is 0 Å². The summed E-state index contributed by atoms with van der Waals surface area (Å²) in [6.07, 6.45) is 1.05. The van der Waals surface area contributed by atoms with Crippen molar-refractivity contribution in [3.63, 3.8) is 0 Å². The van der Waals surface area contributed by atoms with E-state index in [0.717, 1.165) is 16.8 Å². The van der Waals surface area contributed by atoms with E-state index in [1.54, 1.807) is 24.1 Å². The maximum atomic E-state index is 12.8. The molecule has 1 amide bonds. The Hall–Kier alpha value is -3.29. The van der Waals surface area contributed by atoms with Gasteiger partial charge >= 0.3 is 12.1 Å². The standard InChI is InChI=1S/C23H27NO7/c1-23(2,3)31-22(27)24-12-17(16-11-15(28-4)6-7-18(16)24)14-10-20(30-13-14)19(25)8-9-21(26)29-5/h6-7,10-11,13,17H,8-9,12H2,1-5H3. The summed E-state index contributed by atoms with van der Waals surface area (Å²) in [6.45, 7) is 5.79. The highest BCUT2D eigenvalue weighted by Gasteiger charge is 2.37. The molecule has 0 spiro atoms. The number of ketones is 1. The Morgan fingerprint density at radius 1 is 1.13 bits per heavy atom. The molecule has 1 aliphatic heterocycles. The maximum absolute atomic E-state index is 12.8. The third kappa shape index (κ3) is 5.07. The van der Waals surface area contributed by atoms with E-state index in [1.165, 1.54) is 13.4 Å². The van der Waals surface area contributed by atoms with Crippen molar-refractivity contribution in [1.29, 1.82) is 0 Å². The molecule has 1 aromatic carbocycles. The van der Waals surface area contributed by atoms with E-state index in [-0.39, 0.29) is 30.3 Å². The summed E-state index contributed by atoms with van der Waals surface area (Å²) >= 11 is 0. The van der Waals surface area contributed by atoms with Crippen molar-refractivity contribution >= 4 is 23.5 Å². The highest BCUT2D eigenvalue weighted by atomic mass is 16.6. The second kappa shape index (κ2) is 8.83. The molecular formula is C23H27NO7. The predicted octanol–water partition coefficient (Wildman–Crippen LogP) is 4.31. The lowest BCUT2D eigenvalue weighted by Gasteiger charge is -2.25. The molecule has 8 nitrogen and oxygen atoms in total. The van der Waals surface area contributed by atoms with Crippen LogP contribution in [0.5, 0.6) is 5.75 Å². The van der Waals surface area contributed by atoms with Crippen LogP contribution in [0.1, 0.15) is 61.2 Å². The second-order valence-electron chi connectivity index (χ2n) is 8.31. The van der Waals surface area contributed by atoms with Gasteiger partial charge in [-0.25, -0.2) is 4.79 Å². The van der Waals surface area contributed by atoms with Gasteiger partial charge in [0.1, 0.15) is 11.4 Å². The number of nitrogens with zero attached hydrogens (tertiary/aromatic N) is 1. The molecule has 1 unspecified atom stereocenters. The number of hydrogen-bond donors (Lipinski definition) is 0. The van der Waals surface area contributed by atoms with Gasteiger partial charge in [-0.1, -0.05) is 0 Å². The SMILES string of the molecule is COC(=O)CCC(=O)c1cc(C2CN(C(=O)OC(C)(C)C)c3ccc(OC)cc32)co1. The third-order valence-electron chi connectivity index (χ3n) is 4.96. The number of anilines is 1. The lowest BCUT2D eigenvalue weighted by Crippen LogP contribution is -2.36. The molecule has 2 aromatic rings. The zero-order valence-electron chi connectivity index (χ0n) is 18.4. The lowest BCUT2D eigenvalue weighted by molar-refractivity contribution is -0.140. The number of benzene rings is 1. The Balaban J connectivity index is 1.87. The first-order valence-corrected chi connectivity index (χ1v) is 10.00. The largest absolute Gasteiger partial charge is 0.497 e. The molecule has 2 heterocycles. The second-order valence-corrected chi connectivity index (χ2v) is 8.31. The quantitative estimate of drug-likeness (QED) is 0.499. The first-order valence-electron chi connectivity index (χ1n) is 10.00. The minimum absolute atomic E-state index is 0.00125. The molecule has 1 aliphatic rings. The fourth-order valence-corrected chi connectivity index (χ4v) is 3.46. The summed E-state index contributed by atoms with van der Waals surface area (Å²) < 4.78 is 21.0. The first-order chi connectivity index (χ1) is 14.6. The van der Waals surface area contributed by atoms with E-state index in [1.807, 2.05) is 32.9 Å². The molecule has 0 saturated carbocycles. The molecule has 0 fully saturated rings. The van der Waals surface area contributed by atoms with E-state index < -0.39 is 17.7 Å². The van der Waals surface area contributed by atoms with E-state index in [0.29, 0.717) is 12.3 Å². The van der Waals surface area contributed by atoms with E-state index in [9.17, 15) is 14.4 Å². The van der Waals surface area contributed by atoms with Crippen molar-refractivity contribution in [1.82, 2.24) is 0 Å². The number of rotatable bonds is 6. The van der Waals surface area contributed by atoms with Crippen LogP contribution in [0.25, 0.3) is 0 Å². The van der Waals surface area contributed by atoms with Crippen LogP contribution < -0.4 is 9.64 Å². The third-order valence-corrected chi connectivity index (χ3v) is 4.96. The van der Waals surface area contributed by atoms with Crippen molar-refractivity contribution in [2.45, 2.75) is 45.1 Å². The van der Waals surface area contributed by atoms with Crippen LogP contribution in [0, 0.1) is 0 Å². The molecule has 0 N–H and O–H groups in total. The zero-order valence-corrected chi connectivity index (χ0v) is 18.4. The summed E-state index contributed by atoms with van der Waals surface area (Å²) in [7, 11) is 2.85. The summed E-state index contributed by atoms with van der Waals surface area (Å²) in [5, 5.41) is 0. The fourth-order valence-electron chi connectivity index (χ4n) is 3.46. The van der Waals surface area contributed by atoms with Gasteiger partial charge in [-0.15, -0.1) is 0 Å². The zero-order chi connectivity index (χ0) is 22.8. The van der Waals surface area contributed by atoms with Crippen molar-refractivity contribution in [3.8, 4) is 5.75 Å². The van der Waals surface area contributed by atoms with Crippen LogP contribution in [0.4, 0.5) is 10.5 Å². The van der Waals surface area contributed by atoms with E-state index in [2.05, 4.69) is 4.74 Å². The molecule has 31 heavy (non-hydrogen) atoms. The van der Waals surface area contributed by atoms with E-state index >= 15 is 0 Å². The average Bonchev–Trinajstić information content (AvgIpc) is 3.34. The number of ether oxygens (including phenoxy) is 3. The smallest absolute Gasteiger partial charge is 0.414 e. The summed E-state index contributed by atoms with van der Waals surface area (Å²) in [5.41, 5.74) is 1.72. The Kier molecular flexibility index (Phi) is 6.38. The molecule has 0 aliphatic carbocycles. The Morgan fingerprint density at radius 2 is 1.87 bits per heavy atom. The van der Waals surface area contributed by atoms with Gasteiger partial charge in [0.05, 0.1) is 32.6 Å². The Morgan fingerprint density at radius 3 is 2.52 bits per heavy atom. The van der Waals surface area contributed by atoms with Crippen LogP contribution in [-0.4, -0.2) is 44.2 Å². The fraction of sp³-hybridized carbons (Fsp3) is 0.435. The minimum atomic E-state index is -0.628. The van der Waals surface area contributed by atoms with Gasteiger partial charge in [-0.05, 0) is 50.6 Å². The summed E-state index contributed by atoms with van der Waals surface area (Å²) in [5.74, 6) is -0.135. The van der Waals surface area contributed by atoms with E-state index in [4.69, 9.17) is 13.9 Å². The van der Waals surface area contributed by atoms with Crippen molar-refractivity contribution < 1.29 is 33.0 Å². The predicted molar refractivity (Wildman–Crippen MR) is 113 cm³/mol. The van der Waals surface area contributed by atoms with Crippen molar-refractivity contribution in [2.24, 2.45) is 0 Å². The van der Waals surface area contributed by atoms with Gasteiger partial charge in [-0.2, -0.15) is 0 Å². The number of methoxy groups -OCH3 is 2. The van der Waals surface area contributed by atoms with Crippen LogP contribution >= 0.6 is 0 Å². The first kappa shape index (κ1) is 22.4. The van der Waals surface area contributed by atoms with Crippen LogP contribution in [-0.2, 0) is 14.3 Å². The Labute approximate surface area is 181 Å². The average molecular weight is 429 g/mol. The van der Waals surface area contributed by atoms with Gasteiger partial charge in [0.2, 0.25) is 0 Å². The number of fused-ring (bicyclic) bond motifs is 1. The minimum Gasteiger partial charge on any atom is -0.497 e. The maximum Gasteiger partial charge on any atom is 0.414 e.